The van der Waals surface area contributed by atoms with Crippen LogP contribution in [0.1, 0.15) is 40.4 Å². The second kappa shape index (κ2) is 7.28. The van der Waals surface area contributed by atoms with Crippen molar-refractivity contribution in [3.8, 4) is 5.75 Å². The van der Waals surface area contributed by atoms with Crippen molar-refractivity contribution in [3.05, 3.63) is 67.8 Å². The number of nitrogens with one attached hydrogen (secondary N) is 1. The van der Waals surface area contributed by atoms with E-state index in [1.807, 2.05) is 0 Å². The highest BCUT2D eigenvalue weighted by Gasteiger charge is 2.20. The van der Waals surface area contributed by atoms with Gasteiger partial charge in [0.1, 0.15) is 16.9 Å². The largest absolute Gasteiger partial charge is 0.490 e. The van der Waals surface area contributed by atoms with E-state index >= 15 is 0 Å². The van der Waals surface area contributed by atoms with E-state index in [2.05, 4.69) is 59.6 Å². The molecule has 3 nitrogen and oxygen atoms in total. The highest BCUT2D eigenvalue weighted by Crippen LogP contribution is 2.30. The standard InChI is InChI=1S/C20H22N2OS2/c1-13-11-25-20(22-13)18(9-16-5-6-24-12-16)21-10-15-3-4-19-17(8-15)7-14(2)23-19/h3-6,8,11-12,14,18,21H,7,9-10H2,1-2H3/t14-,18-/m1/s1. The number of ether oxygens (including phenoxy) is 1. The number of rotatable bonds is 6. The van der Waals surface area contributed by atoms with Gasteiger partial charge in [-0.05, 0) is 59.9 Å². The number of nitrogens with zero attached hydrogens (tertiary/aromatic N) is 1. The summed E-state index contributed by atoms with van der Waals surface area (Å²) >= 11 is 3.50. The molecule has 0 aliphatic carbocycles. The van der Waals surface area contributed by atoms with E-state index in [0.717, 1.165) is 30.8 Å². The maximum Gasteiger partial charge on any atom is 0.123 e. The molecule has 1 aromatic carbocycles. The molecule has 0 saturated carbocycles. The van der Waals surface area contributed by atoms with E-state index in [1.165, 1.54) is 21.7 Å². The number of aromatic nitrogens is 1. The smallest absolute Gasteiger partial charge is 0.123 e. The molecule has 4 rings (SSSR count). The van der Waals surface area contributed by atoms with Gasteiger partial charge >= 0.3 is 0 Å². The Morgan fingerprint density at radius 3 is 2.96 bits per heavy atom. The number of fused-ring (bicyclic) bond motifs is 1. The predicted octanol–water partition coefficient (Wildman–Crippen LogP) is 4.91. The molecule has 3 aromatic rings. The first-order valence-electron chi connectivity index (χ1n) is 8.62. The minimum absolute atomic E-state index is 0.247. The van der Waals surface area contributed by atoms with Gasteiger partial charge in [0.2, 0.25) is 0 Å². The Morgan fingerprint density at radius 2 is 2.20 bits per heavy atom. The van der Waals surface area contributed by atoms with Crippen LogP contribution in [0.15, 0.2) is 40.4 Å². The van der Waals surface area contributed by atoms with Gasteiger partial charge in [0.05, 0.1) is 6.04 Å². The maximum atomic E-state index is 5.80. The van der Waals surface area contributed by atoms with E-state index in [-0.39, 0.29) is 6.04 Å². The van der Waals surface area contributed by atoms with Crippen molar-refractivity contribution in [3.63, 3.8) is 0 Å². The number of thiophene rings is 1. The first-order chi connectivity index (χ1) is 12.2. The Labute approximate surface area is 156 Å². The Bertz CT molecular complexity index is 841. The number of thiazole rings is 1. The fourth-order valence-electron chi connectivity index (χ4n) is 3.25. The Kier molecular flexibility index (Phi) is 4.88. The number of hydrogen-bond acceptors (Lipinski definition) is 5. The Hall–Kier alpha value is -1.69. The molecule has 0 unspecified atom stereocenters. The summed E-state index contributed by atoms with van der Waals surface area (Å²) in [5.74, 6) is 1.04. The maximum absolute atomic E-state index is 5.80. The van der Waals surface area contributed by atoms with Crippen molar-refractivity contribution < 1.29 is 4.74 Å². The molecule has 0 saturated heterocycles. The van der Waals surface area contributed by atoms with E-state index < -0.39 is 0 Å². The molecule has 1 aliphatic heterocycles. The van der Waals surface area contributed by atoms with Crippen LogP contribution in [0.2, 0.25) is 0 Å². The van der Waals surface area contributed by atoms with Crippen molar-refractivity contribution in [1.82, 2.24) is 10.3 Å². The quantitative estimate of drug-likeness (QED) is 0.669. The van der Waals surface area contributed by atoms with Crippen molar-refractivity contribution in [2.45, 2.75) is 45.4 Å². The van der Waals surface area contributed by atoms with Crippen LogP contribution in [0.25, 0.3) is 0 Å². The average Bonchev–Trinajstić information content (AvgIpc) is 3.31. The first-order valence-corrected chi connectivity index (χ1v) is 10.4. The lowest BCUT2D eigenvalue weighted by Crippen LogP contribution is -2.23. The van der Waals surface area contributed by atoms with Crippen LogP contribution >= 0.6 is 22.7 Å². The van der Waals surface area contributed by atoms with Crippen LogP contribution in [0.3, 0.4) is 0 Å². The molecule has 2 atom stereocenters. The second-order valence-electron chi connectivity index (χ2n) is 6.67. The molecule has 0 spiro atoms. The summed E-state index contributed by atoms with van der Waals surface area (Å²) in [6, 6.07) is 9.00. The number of aryl methyl sites for hydroxylation is 1. The highest BCUT2D eigenvalue weighted by molar-refractivity contribution is 7.09. The van der Waals surface area contributed by atoms with Gasteiger partial charge in [0.25, 0.3) is 0 Å². The third-order valence-corrected chi connectivity index (χ3v) is 6.28. The monoisotopic (exact) mass is 370 g/mol. The normalized spacial score (nSPS) is 17.3. The van der Waals surface area contributed by atoms with Gasteiger partial charge in [0.15, 0.2) is 0 Å². The van der Waals surface area contributed by atoms with Crippen molar-refractivity contribution in [2.75, 3.05) is 0 Å². The molecule has 1 aliphatic rings. The van der Waals surface area contributed by atoms with Gasteiger partial charge in [-0.25, -0.2) is 4.98 Å². The fraction of sp³-hybridized carbons (Fsp3) is 0.350. The lowest BCUT2D eigenvalue weighted by Gasteiger charge is -2.16. The molecule has 5 heteroatoms. The number of hydrogen-bond donors (Lipinski definition) is 1. The van der Waals surface area contributed by atoms with Gasteiger partial charge in [-0.15, -0.1) is 11.3 Å². The summed E-state index contributed by atoms with van der Waals surface area (Å²) in [6.45, 7) is 5.03. The Balaban J connectivity index is 1.48. The minimum Gasteiger partial charge on any atom is -0.490 e. The predicted molar refractivity (Wildman–Crippen MR) is 105 cm³/mol. The fourth-order valence-corrected chi connectivity index (χ4v) is 4.80. The molecule has 1 N–H and O–H groups in total. The highest BCUT2D eigenvalue weighted by atomic mass is 32.1. The molecule has 0 radical (unpaired) electrons. The first kappa shape index (κ1) is 16.8. The molecule has 25 heavy (non-hydrogen) atoms. The molecule has 0 bridgehead atoms. The van der Waals surface area contributed by atoms with E-state index in [4.69, 9.17) is 9.72 Å². The van der Waals surface area contributed by atoms with Crippen LogP contribution in [0, 0.1) is 6.92 Å². The van der Waals surface area contributed by atoms with Crippen LogP contribution < -0.4 is 10.1 Å². The van der Waals surface area contributed by atoms with Gasteiger partial charge in [-0.2, -0.15) is 11.3 Å². The third kappa shape index (κ3) is 3.94. The van der Waals surface area contributed by atoms with E-state index in [1.54, 1.807) is 22.7 Å². The third-order valence-electron chi connectivity index (χ3n) is 4.47. The van der Waals surface area contributed by atoms with Crippen molar-refractivity contribution in [2.24, 2.45) is 0 Å². The van der Waals surface area contributed by atoms with E-state index in [0.29, 0.717) is 6.10 Å². The van der Waals surface area contributed by atoms with Crippen molar-refractivity contribution in [1.29, 1.82) is 0 Å². The summed E-state index contributed by atoms with van der Waals surface area (Å²) in [7, 11) is 0. The van der Waals surface area contributed by atoms with Gasteiger partial charge < -0.3 is 10.1 Å². The second-order valence-corrected chi connectivity index (χ2v) is 8.34. The van der Waals surface area contributed by atoms with Crippen LogP contribution in [-0.4, -0.2) is 11.1 Å². The molecule has 0 amide bonds. The van der Waals surface area contributed by atoms with Crippen molar-refractivity contribution >= 4 is 22.7 Å². The van der Waals surface area contributed by atoms with Gasteiger partial charge in [-0.1, -0.05) is 12.1 Å². The van der Waals surface area contributed by atoms with E-state index in [9.17, 15) is 0 Å². The minimum atomic E-state index is 0.247. The van der Waals surface area contributed by atoms with Gasteiger partial charge in [0, 0.05) is 24.0 Å². The summed E-state index contributed by atoms with van der Waals surface area (Å²) in [5, 5.41) is 11.4. The summed E-state index contributed by atoms with van der Waals surface area (Å²) in [5.41, 5.74) is 5.10. The zero-order valence-corrected chi connectivity index (χ0v) is 16.1. The molecule has 3 heterocycles. The topological polar surface area (TPSA) is 34.1 Å². The molecule has 130 valence electrons. The molecular formula is C20H22N2OS2. The molecular weight excluding hydrogens is 348 g/mol. The summed E-state index contributed by atoms with van der Waals surface area (Å²) in [4.78, 5) is 4.71. The van der Waals surface area contributed by atoms with Crippen LogP contribution in [0.5, 0.6) is 5.75 Å². The van der Waals surface area contributed by atoms with Crippen LogP contribution in [-0.2, 0) is 19.4 Å². The zero-order chi connectivity index (χ0) is 17.2. The SMILES string of the molecule is Cc1csc([C@@H](Cc2ccsc2)NCc2ccc3c(c2)C[C@@H](C)O3)n1. The summed E-state index contributed by atoms with van der Waals surface area (Å²) in [6.07, 6.45) is 2.28. The average molecular weight is 371 g/mol. The zero-order valence-electron chi connectivity index (χ0n) is 14.5. The lowest BCUT2D eigenvalue weighted by molar-refractivity contribution is 0.254. The number of benzene rings is 1. The Morgan fingerprint density at radius 1 is 1.28 bits per heavy atom. The summed E-state index contributed by atoms with van der Waals surface area (Å²) < 4.78 is 5.80. The molecule has 2 aromatic heterocycles. The molecule has 0 fully saturated rings. The van der Waals surface area contributed by atoms with Gasteiger partial charge in [-0.3, -0.25) is 0 Å². The van der Waals surface area contributed by atoms with Crippen LogP contribution in [0.4, 0.5) is 0 Å². The lowest BCUT2D eigenvalue weighted by atomic mass is 10.1.